The molecule has 0 aromatic heterocycles. The van der Waals surface area contributed by atoms with Crippen LogP contribution >= 0.6 is 15.9 Å². The number of halogens is 1. The van der Waals surface area contributed by atoms with Crippen LogP contribution in [0.3, 0.4) is 0 Å². The van der Waals surface area contributed by atoms with Gasteiger partial charge in [0.25, 0.3) is 0 Å². The average molecular weight is 351 g/mol. The predicted molar refractivity (Wildman–Crippen MR) is 87.0 cm³/mol. The SMILES string of the molecule is Cc1cc(NC(=O)CNC(=O)C2CC=CCC2)ccc1Br. The number of rotatable bonds is 4. The minimum atomic E-state index is -0.212. The first-order valence-corrected chi connectivity index (χ1v) is 7.84. The number of hydrogen-bond donors (Lipinski definition) is 2. The lowest BCUT2D eigenvalue weighted by atomic mass is 9.94. The lowest BCUT2D eigenvalue weighted by Gasteiger charge is -2.17. The minimum absolute atomic E-state index is 0.00211. The van der Waals surface area contributed by atoms with E-state index in [2.05, 4.69) is 32.6 Å². The van der Waals surface area contributed by atoms with Crippen molar-refractivity contribution in [1.82, 2.24) is 5.32 Å². The monoisotopic (exact) mass is 350 g/mol. The normalized spacial score (nSPS) is 17.3. The van der Waals surface area contributed by atoms with Crippen LogP contribution in [0, 0.1) is 12.8 Å². The van der Waals surface area contributed by atoms with Gasteiger partial charge in [-0.25, -0.2) is 0 Å². The average Bonchev–Trinajstić information content (AvgIpc) is 2.49. The molecular formula is C16H19BrN2O2. The van der Waals surface area contributed by atoms with Gasteiger partial charge in [-0.3, -0.25) is 9.59 Å². The highest BCUT2D eigenvalue weighted by Crippen LogP contribution is 2.20. The summed E-state index contributed by atoms with van der Waals surface area (Å²) in [7, 11) is 0. The molecule has 0 heterocycles. The third-order valence-corrected chi connectivity index (χ3v) is 4.39. The molecule has 2 N–H and O–H groups in total. The van der Waals surface area contributed by atoms with E-state index in [0.717, 1.165) is 35.0 Å². The van der Waals surface area contributed by atoms with Crippen LogP contribution in [0.15, 0.2) is 34.8 Å². The molecule has 0 spiro atoms. The summed E-state index contributed by atoms with van der Waals surface area (Å²) in [6.45, 7) is 1.96. The van der Waals surface area contributed by atoms with Gasteiger partial charge in [-0.05, 0) is 49.9 Å². The first-order valence-electron chi connectivity index (χ1n) is 7.05. The molecule has 4 nitrogen and oxygen atoms in total. The van der Waals surface area contributed by atoms with Gasteiger partial charge in [0.15, 0.2) is 0 Å². The first-order chi connectivity index (χ1) is 10.1. The van der Waals surface area contributed by atoms with Crippen LogP contribution in [0.1, 0.15) is 24.8 Å². The van der Waals surface area contributed by atoms with E-state index in [0.29, 0.717) is 0 Å². The van der Waals surface area contributed by atoms with Crippen LogP contribution in [0.5, 0.6) is 0 Å². The van der Waals surface area contributed by atoms with Crippen LogP contribution in [-0.4, -0.2) is 18.4 Å². The van der Waals surface area contributed by atoms with Crippen molar-refractivity contribution in [3.63, 3.8) is 0 Å². The summed E-state index contributed by atoms with van der Waals surface area (Å²) in [5, 5.41) is 5.48. The van der Waals surface area contributed by atoms with Gasteiger partial charge < -0.3 is 10.6 Å². The Morgan fingerprint density at radius 3 is 2.81 bits per heavy atom. The maximum Gasteiger partial charge on any atom is 0.243 e. The van der Waals surface area contributed by atoms with Crippen LogP contribution in [0.4, 0.5) is 5.69 Å². The number of carbonyl (C=O) groups excluding carboxylic acids is 2. The van der Waals surface area contributed by atoms with Crippen LogP contribution in [-0.2, 0) is 9.59 Å². The molecule has 0 radical (unpaired) electrons. The van der Waals surface area contributed by atoms with Gasteiger partial charge in [0.05, 0.1) is 6.54 Å². The zero-order valence-electron chi connectivity index (χ0n) is 12.0. The van der Waals surface area contributed by atoms with Crippen LogP contribution < -0.4 is 10.6 Å². The molecule has 0 aliphatic heterocycles. The van der Waals surface area contributed by atoms with Gasteiger partial charge in [0.1, 0.15) is 0 Å². The van der Waals surface area contributed by atoms with Crippen molar-refractivity contribution in [1.29, 1.82) is 0 Å². The van der Waals surface area contributed by atoms with Crippen LogP contribution in [0.2, 0.25) is 0 Å². The number of aryl methyl sites for hydroxylation is 1. The highest BCUT2D eigenvalue weighted by molar-refractivity contribution is 9.10. The Balaban J connectivity index is 1.80. The molecule has 0 saturated carbocycles. The molecule has 0 bridgehead atoms. The van der Waals surface area contributed by atoms with E-state index in [4.69, 9.17) is 0 Å². The van der Waals surface area contributed by atoms with E-state index in [-0.39, 0.29) is 24.3 Å². The lowest BCUT2D eigenvalue weighted by molar-refractivity contribution is -0.127. The molecule has 2 rings (SSSR count). The number of amides is 2. The van der Waals surface area contributed by atoms with Gasteiger partial charge in [0, 0.05) is 16.1 Å². The second-order valence-electron chi connectivity index (χ2n) is 5.21. The van der Waals surface area contributed by atoms with E-state index in [1.807, 2.05) is 31.2 Å². The maximum absolute atomic E-state index is 11.9. The summed E-state index contributed by atoms with van der Waals surface area (Å²) in [6, 6.07) is 5.59. The minimum Gasteiger partial charge on any atom is -0.347 e. The Hall–Kier alpha value is -1.62. The Bertz CT molecular complexity index is 569. The van der Waals surface area contributed by atoms with Gasteiger partial charge in [-0.1, -0.05) is 28.1 Å². The van der Waals surface area contributed by atoms with E-state index < -0.39 is 0 Å². The molecule has 1 aliphatic rings. The Labute approximate surface area is 133 Å². The van der Waals surface area contributed by atoms with E-state index >= 15 is 0 Å². The largest absolute Gasteiger partial charge is 0.347 e. The number of nitrogens with one attached hydrogen (secondary N) is 2. The predicted octanol–water partition coefficient (Wildman–Crippen LogP) is 3.17. The molecule has 0 saturated heterocycles. The molecule has 21 heavy (non-hydrogen) atoms. The molecule has 1 aromatic rings. The van der Waals surface area contributed by atoms with Crippen molar-refractivity contribution in [3.8, 4) is 0 Å². The fourth-order valence-corrected chi connectivity index (χ4v) is 2.52. The smallest absolute Gasteiger partial charge is 0.243 e. The van der Waals surface area contributed by atoms with Crippen LogP contribution in [0.25, 0.3) is 0 Å². The third-order valence-electron chi connectivity index (χ3n) is 3.50. The molecule has 112 valence electrons. The first kappa shape index (κ1) is 15.8. The van der Waals surface area contributed by atoms with Crippen molar-refractivity contribution in [2.45, 2.75) is 26.2 Å². The zero-order chi connectivity index (χ0) is 15.2. The molecule has 1 aliphatic carbocycles. The third kappa shape index (κ3) is 4.70. The summed E-state index contributed by atoms with van der Waals surface area (Å²) in [5.41, 5.74) is 1.78. The van der Waals surface area contributed by atoms with Crippen molar-refractivity contribution in [2.24, 2.45) is 5.92 Å². The molecule has 1 unspecified atom stereocenters. The molecular weight excluding hydrogens is 332 g/mol. The summed E-state index contributed by atoms with van der Waals surface area (Å²) in [4.78, 5) is 23.8. The lowest BCUT2D eigenvalue weighted by Crippen LogP contribution is -2.37. The fraction of sp³-hybridized carbons (Fsp3) is 0.375. The number of benzene rings is 1. The maximum atomic E-state index is 11.9. The van der Waals surface area contributed by atoms with Gasteiger partial charge >= 0.3 is 0 Å². The molecule has 2 amide bonds. The molecule has 1 aromatic carbocycles. The van der Waals surface area contributed by atoms with Crippen molar-refractivity contribution in [2.75, 3.05) is 11.9 Å². The zero-order valence-corrected chi connectivity index (χ0v) is 13.6. The summed E-state index contributed by atoms with van der Waals surface area (Å²) in [6.07, 6.45) is 6.67. The molecule has 1 atom stereocenters. The van der Waals surface area contributed by atoms with Gasteiger partial charge in [-0.15, -0.1) is 0 Å². The van der Waals surface area contributed by atoms with Crippen molar-refractivity contribution in [3.05, 3.63) is 40.4 Å². The van der Waals surface area contributed by atoms with E-state index in [9.17, 15) is 9.59 Å². The fourth-order valence-electron chi connectivity index (χ4n) is 2.27. The Morgan fingerprint density at radius 1 is 1.33 bits per heavy atom. The highest BCUT2D eigenvalue weighted by Gasteiger charge is 2.18. The highest BCUT2D eigenvalue weighted by atomic mass is 79.9. The van der Waals surface area contributed by atoms with E-state index in [1.165, 1.54) is 0 Å². The van der Waals surface area contributed by atoms with Crippen molar-refractivity contribution < 1.29 is 9.59 Å². The van der Waals surface area contributed by atoms with Gasteiger partial charge in [0.2, 0.25) is 11.8 Å². The standard InChI is InChI=1S/C16H19BrN2O2/c1-11-9-13(7-8-14(11)17)19-15(20)10-18-16(21)12-5-3-2-4-6-12/h2-3,7-9,12H,4-6,10H2,1H3,(H,18,21)(H,19,20). The van der Waals surface area contributed by atoms with Gasteiger partial charge in [-0.2, -0.15) is 0 Å². The molecule has 5 heteroatoms. The summed E-state index contributed by atoms with van der Waals surface area (Å²) >= 11 is 3.41. The van der Waals surface area contributed by atoms with E-state index in [1.54, 1.807) is 0 Å². The Kier molecular flexibility index (Phi) is 5.56. The summed E-state index contributed by atoms with van der Waals surface area (Å²) < 4.78 is 0.999. The number of hydrogen-bond acceptors (Lipinski definition) is 2. The Morgan fingerprint density at radius 2 is 2.14 bits per heavy atom. The van der Waals surface area contributed by atoms with Crippen molar-refractivity contribution >= 4 is 33.4 Å². The number of carbonyl (C=O) groups is 2. The summed E-state index contributed by atoms with van der Waals surface area (Å²) in [5.74, 6) is -0.254. The number of allylic oxidation sites excluding steroid dienone is 2. The number of anilines is 1. The quantitative estimate of drug-likeness (QED) is 0.819. The second-order valence-corrected chi connectivity index (χ2v) is 6.07. The second kappa shape index (κ2) is 7.41. The molecule has 0 fully saturated rings. The topological polar surface area (TPSA) is 58.2 Å².